The Balaban J connectivity index is -0.000000149. The first-order valence-electron chi connectivity index (χ1n) is 15.6. The van der Waals surface area contributed by atoms with E-state index < -0.39 is 0 Å². The summed E-state index contributed by atoms with van der Waals surface area (Å²) in [6.45, 7) is 12.6. The van der Waals surface area contributed by atoms with Gasteiger partial charge in [-0.3, -0.25) is 14.4 Å². The van der Waals surface area contributed by atoms with Gasteiger partial charge in [-0.25, -0.2) is 5.06 Å². The Morgan fingerprint density at radius 1 is 0.579 bits per heavy atom. The molecule has 0 fully saturated rings. The Morgan fingerprint density at radius 2 is 0.895 bits per heavy atom. The molecule has 0 aromatic heterocycles. The molecule has 6 heteroatoms. The van der Waals surface area contributed by atoms with E-state index in [9.17, 15) is 9.59 Å². The zero-order valence-corrected chi connectivity index (χ0v) is 29.7. The van der Waals surface area contributed by atoms with Crippen molar-refractivity contribution in [2.45, 2.75) is 175 Å². The maximum atomic E-state index is 11.5. The summed E-state index contributed by atoms with van der Waals surface area (Å²) in [5.41, 5.74) is 0. The number of halogens is 1. The summed E-state index contributed by atoms with van der Waals surface area (Å²) in [5.74, 6) is 0.562. The van der Waals surface area contributed by atoms with Crippen LogP contribution in [0.25, 0.3) is 0 Å². The van der Waals surface area contributed by atoms with Crippen LogP contribution in [0.2, 0.25) is 0 Å². The van der Waals surface area contributed by atoms with E-state index in [0.717, 1.165) is 44.9 Å². The average Bonchev–Trinajstić information content (AvgIpc) is 2.88. The van der Waals surface area contributed by atoms with Gasteiger partial charge >= 0.3 is 23.1 Å². The number of hydrogen-bond acceptors (Lipinski definition) is 3. The molecule has 0 saturated heterocycles. The molecule has 0 aliphatic heterocycles. The molecule has 38 heavy (non-hydrogen) atoms. The van der Waals surface area contributed by atoms with Gasteiger partial charge in [-0.2, -0.15) is 6.42 Å². The minimum Gasteiger partial charge on any atom is -1.00 e. The third kappa shape index (κ3) is 46.2. The zero-order chi connectivity index (χ0) is 27.7. The molecular formula is C32H66BrMgNO3. The van der Waals surface area contributed by atoms with Gasteiger partial charge in [0.2, 0.25) is 5.91 Å². The van der Waals surface area contributed by atoms with Crippen molar-refractivity contribution in [2.24, 2.45) is 0 Å². The van der Waals surface area contributed by atoms with Gasteiger partial charge in [-0.15, -0.1) is 0 Å². The van der Waals surface area contributed by atoms with E-state index in [0.29, 0.717) is 12.2 Å². The predicted molar refractivity (Wildman–Crippen MR) is 165 cm³/mol. The Labute approximate surface area is 266 Å². The largest absolute Gasteiger partial charge is 2.00 e. The van der Waals surface area contributed by atoms with Crippen LogP contribution in [-0.4, -0.2) is 54.0 Å². The van der Waals surface area contributed by atoms with Gasteiger partial charge in [0.05, 0.1) is 7.11 Å². The van der Waals surface area contributed by atoms with Gasteiger partial charge in [0.25, 0.3) is 0 Å². The van der Waals surface area contributed by atoms with Crippen LogP contribution in [0.3, 0.4) is 0 Å². The van der Waals surface area contributed by atoms with E-state index >= 15 is 0 Å². The first-order valence-corrected chi connectivity index (χ1v) is 15.6. The molecule has 0 heterocycles. The van der Waals surface area contributed by atoms with E-state index in [4.69, 9.17) is 4.84 Å². The van der Waals surface area contributed by atoms with Crippen LogP contribution in [-0.2, 0) is 14.4 Å². The topological polar surface area (TPSA) is 46.6 Å². The van der Waals surface area contributed by atoms with Crippen molar-refractivity contribution in [3.63, 3.8) is 0 Å². The SMILES string of the molecule is CCCCCCCC(=O)CCCCCCC.CCCCCCCC(=O)N(C)OC.[Br-].[CH2-]CCCCCC.[Mg+2]. The molecule has 0 aliphatic carbocycles. The number of nitrogens with zero attached hydrogens (tertiary/aromatic N) is 1. The smallest absolute Gasteiger partial charge is 1.00 e. The summed E-state index contributed by atoms with van der Waals surface area (Å²) in [4.78, 5) is 27.5. The molecule has 0 atom stereocenters. The summed E-state index contributed by atoms with van der Waals surface area (Å²) in [7, 11) is 3.16. The standard InChI is InChI=1S/C15H30O.C10H21NO2.C7H15.BrH.Mg/c1-3-5-7-9-11-13-15(16)14-12-10-8-6-4-2;1-4-5-6-7-8-9-10(12)11(2)13-3;1-3-5-7-6-4-2;;/h3-14H2,1-2H3;4-9H2,1-3H3;1,3-7H2,2H3;1H;/q;;-1;;+2/p-1. The number of rotatable bonds is 23. The molecule has 0 radical (unpaired) electrons. The second-order valence-electron chi connectivity index (χ2n) is 10.0. The fourth-order valence-electron chi connectivity index (χ4n) is 3.72. The van der Waals surface area contributed by atoms with Crippen molar-refractivity contribution in [2.75, 3.05) is 14.2 Å². The average molecular weight is 617 g/mol. The molecular weight excluding hydrogens is 551 g/mol. The molecule has 0 aromatic rings. The predicted octanol–water partition coefficient (Wildman–Crippen LogP) is 7.06. The molecule has 0 aliphatic rings. The van der Waals surface area contributed by atoms with E-state index in [1.54, 1.807) is 7.05 Å². The monoisotopic (exact) mass is 615 g/mol. The van der Waals surface area contributed by atoms with Crippen molar-refractivity contribution in [3.8, 4) is 0 Å². The fourth-order valence-corrected chi connectivity index (χ4v) is 3.72. The molecule has 4 nitrogen and oxygen atoms in total. The summed E-state index contributed by atoms with van der Waals surface area (Å²) >= 11 is 0. The number of carbonyl (C=O) groups excluding carboxylic acids is 2. The number of hydrogen-bond donors (Lipinski definition) is 0. The van der Waals surface area contributed by atoms with Gasteiger partial charge in [-0.05, 0) is 19.3 Å². The fraction of sp³-hybridized carbons (Fsp3) is 0.906. The van der Waals surface area contributed by atoms with E-state index in [-0.39, 0.29) is 45.9 Å². The third-order valence-electron chi connectivity index (χ3n) is 6.34. The van der Waals surface area contributed by atoms with E-state index in [2.05, 4.69) is 34.6 Å². The molecule has 226 valence electrons. The molecule has 0 N–H and O–H groups in total. The number of unbranched alkanes of at least 4 members (excludes halogenated alkanes) is 16. The zero-order valence-electron chi connectivity index (χ0n) is 26.7. The van der Waals surface area contributed by atoms with Crippen LogP contribution in [0.15, 0.2) is 0 Å². The van der Waals surface area contributed by atoms with Gasteiger partial charge in [0.1, 0.15) is 5.78 Å². The van der Waals surface area contributed by atoms with Crippen LogP contribution in [0.5, 0.6) is 0 Å². The van der Waals surface area contributed by atoms with Gasteiger partial charge < -0.3 is 23.9 Å². The van der Waals surface area contributed by atoms with E-state index in [1.165, 1.54) is 108 Å². The Hall–Kier alpha value is 0.346. The number of carbonyl (C=O) groups is 2. The Kier molecular flexibility index (Phi) is 56.2. The summed E-state index contributed by atoms with van der Waals surface area (Å²) in [5, 5.41) is 1.29. The van der Waals surface area contributed by atoms with Crippen molar-refractivity contribution in [3.05, 3.63) is 6.92 Å². The molecule has 0 spiro atoms. The maximum Gasteiger partial charge on any atom is 2.00 e. The minimum absolute atomic E-state index is 0. The second kappa shape index (κ2) is 44.4. The van der Waals surface area contributed by atoms with Crippen molar-refractivity contribution < 1.29 is 31.4 Å². The molecule has 1 amide bonds. The van der Waals surface area contributed by atoms with Gasteiger partial charge in [0.15, 0.2) is 0 Å². The first kappa shape index (κ1) is 48.1. The van der Waals surface area contributed by atoms with Crippen molar-refractivity contribution in [1.82, 2.24) is 5.06 Å². The third-order valence-corrected chi connectivity index (χ3v) is 6.34. The molecule has 0 aromatic carbocycles. The summed E-state index contributed by atoms with van der Waals surface area (Å²) in [6, 6.07) is 0. The van der Waals surface area contributed by atoms with E-state index in [1.807, 2.05) is 0 Å². The number of Topliss-reactive ketones (excluding diaryl/α,β-unsaturated/α-hetero) is 1. The quantitative estimate of drug-likeness (QED) is 0.0535. The van der Waals surface area contributed by atoms with Crippen LogP contribution >= 0.6 is 0 Å². The number of amides is 1. The number of ketones is 1. The van der Waals surface area contributed by atoms with Gasteiger partial charge in [-0.1, -0.05) is 130 Å². The maximum absolute atomic E-state index is 11.5. The second-order valence-corrected chi connectivity index (χ2v) is 10.0. The molecule has 0 bridgehead atoms. The van der Waals surface area contributed by atoms with Crippen LogP contribution in [0.1, 0.15) is 175 Å². The van der Waals surface area contributed by atoms with Crippen LogP contribution in [0, 0.1) is 6.92 Å². The van der Waals surface area contributed by atoms with Gasteiger partial charge in [0, 0.05) is 26.3 Å². The van der Waals surface area contributed by atoms with Crippen LogP contribution in [0.4, 0.5) is 0 Å². The number of hydroxylamine groups is 2. The van der Waals surface area contributed by atoms with Crippen molar-refractivity contribution >= 4 is 34.7 Å². The van der Waals surface area contributed by atoms with Crippen molar-refractivity contribution in [1.29, 1.82) is 0 Å². The first-order chi connectivity index (χ1) is 17.4. The van der Waals surface area contributed by atoms with Crippen LogP contribution < -0.4 is 17.0 Å². The summed E-state index contributed by atoms with van der Waals surface area (Å²) in [6.07, 6.45) is 27.2. The Morgan fingerprint density at radius 3 is 1.21 bits per heavy atom. The molecule has 0 unspecified atom stereocenters. The summed E-state index contributed by atoms with van der Waals surface area (Å²) < 4.78 is 0. The molecule has 0 saturated carbocycles. The molecule has 0 rings (SSSR count). The Bertz CT molecular complexity index is 419. The minimum atomic E-state index is 0. The normalized spacial score (nSPS) is 9.66.